The second-order valence-electron chi connectivity index (χ2n) is 6.16. The molecule has 1 heterocycles. The molecule has 1 aromatic heterocycles. The van der Waals surface area contributed by atoms with Crippen molar-refractivity contribution in [3.8, 4) is 0 Å². The summed E-state index contributed by atoms with van der Waals surface area (Å²) < 4.78 is 7.52. The summed E-state index contributed by atoms with van der Waals surface area (Å²) in [6, 6.07) is 16.7. The van der Waals surface area contributed by atoms with Gasteiger partial charge in [-0.15, -0.1) is 0 Å². The molecule has 0 aliphatic heterocycles. The monoisotopic (exact) mass is 321 g/mol. The minimum Gasteiger partial charge on any atom is -0.462 e. The molecule has 3 aromatic rings. The first-order chi connectivity index (χ1) is 11.5. The number of esters is 1. The Kier molecular flexibility index (Phi) is 4.43. The summed E-state index contributed by atoms with van der Waals surface area (Å²) in [5.41, 5.74) is 5.15. The molecule has 3 nitrogen and oxygen atoms in total. The maximum atomic E-state index is 12.5. The first-order valence-corrected chi connectivity index (χ1v) is 8.37. The fourth-order valence-corrected chi connectivity index (χ4v) is 3.43. The van der Waals surface area contributed by atoms with Crippen molar-refractivity contribution in [3.05, 3.63) is 70.9 Å². The van der Waals surface area contributed by atoms with Gasteiger partial charge in [0, 0.05) is 16.6 Å². The second kappa shape index (κ2) is 6.52. The number of para-hydroxylation sites is 1. The minimum atomic E-state index is -0.249. The highest BCUT2D eigenvalue weighted by atomic mass is 16.5. The number of nitrogens with zero attached hydrogens (tertiary/aromatic N) is 1. The maximum Gasteiger partial charge on any atom is 0.340 e. The average molecular weight is 321 g/mol. The third kappa shape index (κ3) is 2.71. The van der Waals surface area contributed by atoms with E-state index < -0.39 is 0 Å². The van der Waals surface area contributed by atoms with Gasteiger partial charge in [-0.05, 0) is 39.3 Å². The van der Waals surface area contributed by atoms with Crippen LogP contribution in [0.15, 0.2) is 48.5 Å². The molecule has 0 fully saturated rings. The van der Waals surface area contributed by atoms with Crippen molar-refractivity contribution >= 4 is 16.9 Å². The van der Waals surface area contributed by atoms with Crippen LogP contribution in [0.2, 0.25) is 0 Å². The van der Waals surface area contributed by atoms with Crippen molar-refractivity contribution in [2.24, 2.45) is 0 Å². The normalized spacial score (nSPS) is 12.3. The number of aromatic nitrogens is 1. The number of carbonyl (C=O) groups is 1. The topological polar surface area (TPSA) is 31.2 Å². The number of benzene rings is 2. The first-order valence-electron chi connectivity index (χ1n) is 8.37. The van der Waals surface area contributed by atoms with E-state index in [1.165, 1.54) is 11.1 Å². The molecule has 1 atom stereocenters. The molecule has 24 heavy (non-hydrogen) atoms. The molecule has 0 radical (unpaired) electrons. The van der Waals surface area contributed by atoms with E-state index in [1.54, 1.807) is 0 Å². The van der Waals surface area contributed by atoms with Gasteiger partial charge in [-0.3, -0.25) is 0 Å². The van der Waals surface area contributed by atoms with Crippen LogP contribution in [-0.4, -0.2) is 17.1 Å². The number of rotatable bonds is 4. The molecular weight excluding hydrogens is 298 g/mol. The second-order valence-corrected chi connectivity index (χ2v) is 6.16. The largest absolute Gasteiger partial charge is 0.462 e. The van der Waals surface area contributed by atoms with Crippen molar-refractivity contribution in [2.75, 3.05) is 6.61 Å². The van der Waals surface area contributed by atoms with Gasteiger partial charge in [0.05, 0.1) is 18.2 Å². The molecule has 0 aliphatic rings. The van der Waals surface area contributed by atoms with Crippen LogP contribution in [0, 0.1) is 13.8 Å². The first kappa shape index (κ1) is 16.3. The van der Waals surface area contributed by atoms with Crippen LogP contribution < -0.4 is 0 Å². The molecule has 0 N–H and O–H groups in total. The molecule has 0 saturated carbocycles. The summed E-state index contributed by atoms with van der Waals surface area (Å²) in [6.45, 7) is 8.48. The van der Waals surface area contributed by atoms with Crippen molar-refractivity contribution in [1.82, 2.24) is 4.57 Å². The van der Waals surface area contributed by atoms with E-state index in [4.69, 9.17) is 4.74 Å². The number of hydrogen-bond acceptors (Lipinski definition) is 2. The van der Waals surface area contributed by atoms with Crippen LogP contribution in [0.5, 0.6) is 0 Å². The molecule has 124 valence electrons. The molecule has 2 aromatic carbocycles. The average Bonchev–Trinajstić information content (AvgIpc) is 2.86. The van der Waals surface area contributed by atoms with Crippen LogP contribution in [0.25, 0.3) is 10.9 Å². The molecular formula is C21H23NO2. The van der Waals surface area contributed by atoms with E-state index in [2.05, 4.69) is 48.7 Å². The van der Waals surface area contributed by atoms with Gasteiger partial charge in [-0.2, -0.15) is 0 Å². The SMILES string of the molecule is CCOC(=O)c1c(C)n(C(C)c2cccc(C)c2)c2ccccc12. The van der Waals surface area contributed by atoms with Crippen molar-refractivity contribution in [3.63, 3.8) is 0 Å². The summed E-state index contributed by atoms with van der Waals surface area (Å²) in [6.07, 6.45) is 0. The third-order valence-electron chi connectivity index (χ3n) is 4.55. The highest BCUT2D eigenvalue weighted by molar-refractivity contribution is 6.06. The highest BCUT2D eigenvalue weighted by Crippen LogP contribution is 2.32. The lowest BCUT2D eigenvalue weighted by Gasteiger charge is -2.19. The Bertz CT molecular complexity index is 892. The van der Waals surface area contributed by atoms with Crippen LogP contribution >= 0.6 is 0 Å². The summed E-state index contributed by atoms with van der Waals surface area (Å²) in [7, 11) is 0. The van der Waals surface area contributed by atoms with E-state index in [0.717, 1.165) is 16.6 Å². The third-order valence-corrected chi connectivity index (χ3v) is 4.55. The molecule has 0 aliphatic carbocycles. The van der Waals surface area contributed by atoms with Gasteiger partial charge < -0.3 is 9.30 Å². The number of carbonyl (C=O) groups excluding carboxylic acids is 1. The minimum absolute atomic E-state index is 0.137. The van der Waals surface area contributed by atoms with Gasteiger partial charge in [0.2, 0.25) is 0 Å². The molecule has 0 bridgehead atoms. The van der Waals surface area contributed by atoms with Crippen molar-refractivity contribution in [1.29, 1.82) is 0 Å². The van der Waals surface area contributed by atoms with Gasteiger partial charge in [0.25, 0.3) is 0 Å². The molecule has 0 amide bonds. The fraction of sp³-hybridized carbons (Fsp3) is 0.286. The van der Waals surface area contributed by atoms with Gasteiger partial charge in [0.15, 0.2) is 0 Å². The van der Waals surface area contributed by atoms with Gasteiger partial charge in [-0.25, -0.2) is 4.79 Å². The maximum absolute atomic E-state index is 12.5. The summed E-state index contributed by atoms with van der Waals surface area (Å²) in [4.78, 5) is 12.5. The predicted octanol–water partition coefficient (Wildman–Crippen LogP) is 5.04. The van der Waals surface area contributed by atoms with Crippen LogP contribution in [-0.2, 0) is 4.74 Å². The Morgan fingerprint density at radius 1 is 1.12 bits per heavy atom. The lowest BCUT2D eigenvalue weighted by atomic mass is 10.1. The molecule has 3 heteroatoms. The molecule has 0 spiro atoms. The van der Waals surface area contributed by atoms with Crippen molar-refractivity contribution < 1.29 is 9.53 Å². The Balaban J connectivity index is 2.21. The Hall–Kier alpha value is -2.55. The van der Waals surface area contributed by atoms with Gasteiger partial charge >= 0.3 is 5.97 Å². The predicted molar refractivity (Wildman–Crippen MR) is 97.6 cm³/mol. The van der Waals surface area contributed by atoms with Crippen LogP contribution in [0.3, 0.4) is 0 Å². The Morgan fingerprint density at radius 3 is 2.58 bits per heavy atom. The number of aryl methyl sites for hydroxylation is 1. The van der Waals surface area contributed by atoms with Gasteiger partial charge in [-0.1, -0.05) is 48.0 Å². The summed E-state index contributed by atoms with van der Waals surface area (Å²) in [5.74, 6) is -0.249. The lowest BCUT2D eigenvalue weighted by molar-refractivity contribution is 0.0527. The smallest absolute Gasteiger partial charge is 0.340 e. The number of ether oxygens (including phenoxy) is 1. The quantitative estimate of drug-likeness (QED) is 0.630. The van der Waals surface area contributed by atoms with Crippen molar-refractivity contribution in [2.45, 2.75) is 33.7 Å². The van der Waals surface area contributed by atoms with E-state index in [1.807, 2.05) is 32.0 Å². The fourth-order valence-electron chi connectivity index (χ4n) is 3.43. The molecule has 1 unspecified atom stereocenters. The molecule has 3 rings (SSSR count). The highest BCUT2D eigenvalue weighted by Gasteiger charge is 2.23. The van der Waals surface area contributed by atoms with E-state index in [9.17, 15) is 4.79 Å². The summed E-state index contributed by atoms with van der Waals surface area (Å²) >= 11 is 0. The molecule has 0 saturated heterocycles. The zero-order valence-electron chi connectivity index (χ0n) is 14.7. The number of hydrogen-bond donors (Lipinski definition) is 0. The van der Waals surface area contributed by atoms with Crippen LogP contribution in [0.1, 0.15) is 47.1 Å². The zero-order valence-corrected chi connectivity index (χ0v) is 14.7. The van der Waals surface area contributed by atoms with E-state index in [0.29, 0.717) is 12.2 Å². The lowest BCUT2D eigenvalue weighted by Crippen LogP contribution is -2.11. The standard InChI is InChI=1S/C21H23NO2/c1-5-24-21(23)20-16(4)22(19-12-7-6-11-18(19)20)15(3)17-10-8-9-14(2)13-17/h6-13,15H,5H2,1-4H3. The zero-order chi connectivity index (χ0) is 17.3. The van der Waals surface area contributed by atoms with Crippen LogP contribution in [0.4, 0.5) is 0 Å². The van der Waals surface area contributed by atoms with E-state index >= 15 is 0 Å². The number of fused-ring (bicyclic) bond motifs is 1. The Morgan fingerprint density at radius 2 is 1.88 bits per heavy atom. The Labute approximate surface area is 142 Å². The van der Waals surface area contributed by atoms with Gasteiger partial charge in [0.1, 0.15) is 0 Å². The van der Waals surface area contributed by atoms with E-state index in [-0.39, 0.29) is 12.0 Å². The summed E-state index contributed by atoms with van der Waals surface area (Å²) in [5, 5.41) is 0.952.